The zero-order valence-corrected chi connectivity index (χ0v) is 18.1. The van der Waals surface area contributed by atoms with Crippen LogP contribution in [0, 0.1) is 11.3 Å². The van der Waals surface area contributed by atoms with Gasteiger partial charge < -0.3 is 23.9 Å². The number of oxazole rings is 1. The van der Waals surface area contributed by atoms with Crippen LogP contribution in [0.4, 0.5) is 0 Å². The number of benzene rings is 1. The molecule has 2 aliphatic heterocycles. The van der Waals surface area contributed by atoms with E-state index in [-0.39, 0.29) is 11.6 Å². The number of H-pyrrole nitrogens is 1. The summed E-state index contributed by atoms with van der Waals surface area (Å²) < 4.78 is 15.3. The molecule has 1 saturated heterocycles. The Morgan fingerprint density at radius 2 is 2.00 bits per heavy atom. The maximum absolute atomic E-state index is 12.9. The number of β-lactam (4-membered cyclic amide) rings is 1. The van der Waals surface area contributed by atoms with E-state index in [0.717, 1.165) is 0 Å². The van der Waals surface area contributed by atoms with Gasteiger partial charge in [0.05, 0.1) is 29.0 Å². The summed E-state index contributed by atoms with van der Waals surface area (Å²) >= 11 is 0. The molecular formula is C22H24N2O8. The van der Waals surface area contributed by atoms with E-state index in [4.69, 9.17) is 13.9 Å². The number of nitrogens with zero attached hydrogens (tertiary/aromatic N) is 1. The van der Waals surface area contributed by atoms with Crippen LogP contribution in [0.3, 0.4) is 0 Å². The third-order valence-corrected chi connectivity index (χ3v) is 5.68. The lowest BCUT2D eigenvalue weighted by molar-refractivity contribution is -0.175. The number of aromatic nitrogens is 1. The molecule has 1 aromatic heterocycles. The molecule has 1 fully saturated rings. The second kappa shape index (κ2) is 7.63. The smallest absolute Gasteiger partial charge is 0.417 e. The minimum Gasteiger partial charge on any atom is -0.427 e. The van der Waals surface area contributed by atoms with Crippen molar-refractivity contribution in [2.75, 3.05) is 6.79 Å². The van der Waals surface area contributed by atoms with Gasteiger partial charge in [0.2, 0.25) is 12.7 Å². The van der Waals surface area contributed by atoms with Crippen LogP contribution in [0.15, 0.2) is 33.1 Å². The Kier molecular flexibility index (Phi) is 5.20. The predicted octanol–water partition coefficient (Wildman–Crippen LogP) is 1.53. The number of hydrogen-bond donors (Lipinski definition) is 2. The summed E-state index contributed by atoms with van der Waals surface area (Å²) in [4.78, 5) is 52.9. The molecule has 1 amide bonds. The number of esters is 2. The van der Waals surface area contributed by atoms with Gasteiger partial charge in [-0.15, -0.1) is 0 Å². The zero-order chi connectivity index (χ0) is 23.4. The van der Waals surface area contributed by atoms with Crippen LogP contribution in [0.1, 0.15) is 39.7 Å². The summed E-state index contributed by atoms with van der Waals surface area (Å²) in [6.45, 7) is 5.95. The Hall–Kier alpha value is -3.40. The van der Waals surface area contributed by atoms with Gasteiger partial charge in [0.1, 0.15) is 5.70 Å². The second-order valence-electron chi connectivity index (χ2n) is 9.03. The largest absolute Gasteiger partial charge is 0.427 e. The van der Waals surface area contributed by atoms with Crippen LogP contribution in [-0.2, 0) is 23.9 Å². The number of aliphatic hydroxyl groups excluding tert-OH is 1. The molecule has 0 bridgehead atoms. The number of rotatable bonds is 5. The minimum absolute atomic E-state index is 0.0286. The topological polar surface area (TPSA) is 139 Å². The molecule has 2 aliphatic rings. The van der Waals surface area contributed by atoms with E-state index in [1.165, 1.54) is 11.8 Å². The van der Waals surface area contributed by atoms with Crippen LogP contribution < -0.4 is 5.76 Å². The Balaban J connectivity index is 1.65. The van der Waals surface area contributed by atoms with E-state index in [1.54, 1.807) is 39.0 Å². The summed E-state index contributed by atoms with van der Waals surface area (Å²) in [6, 6.07) is 4.54. The van der Waals surface area contributed by atoms with Gasteiger partial charge in [0.15, 0.2) is 5.58 Å². The molecule has 0 saturated carbocycles. The van der Waals surface area contributed by atoms with Gasteiger partial charge in [-0.2, -0.15) is 0 Å². The van der Waals surface area contributed by atoms with E-state index in [2.05, 4.69) is 4.98 Å². The molecule has 2 N–H and O–H groups in total. The number of ether oxygens (including phenoxy) is 2. The molecule has 0 unspecified atom stereocenters. The number of hydrogen-bond acceptors (Lipinski definition) is 8. The molecule has 10 nitrogen and oxygen atoms in total. The first kappa shape index (κ1) is 21.8. The fraction of sp³-hybridized carbons (Fsp3) is 0.455. The van der Waals surface area contributed by atoms with Crippen molar-refractivity contribution < 1.29 is 33.4 Å². The number of amides is 1. The van der Waals surface area contributed by atoms with Gasteiger partial charge in [-0.3, -0.25) is 14.6 Å². The first-order valence-electron chi connectivity index (χ1n) is 10.2. The van der Waals surface area contributed by atoms with Gasteiger partial charge >= 0.3 is 17.7 Å². The van der Waals surface area contributed by atoms with Gasteiger partial charge in [0.25, 0.3) is 0 Å². The average Bonchev–Trinajstić information content (AvgIpc) is 3.23. The highest BCUT2D eigenvalue weighted by Gasteiger charge is 2.57. The van der Waals surface area contributed by atoms with Crippen molar-refractivity contribution in [2.45, 2.75) is 46.3 Å². The first-order chi connectivity index (χ1) is 15.0. The molecule has 170 valence electrons. The second-order valence-corrected chi connectivity index (χ2v) is 9.03. The summed E-state index contributed by atoms with van der Waals surface area (Å²) in [5, 5.41) is 10.0. The SMILES string of the molecule is C[C@@H](O)[C@H]1C(=O)N2C(C(=O)OCOC(=O)C(C)(C)C)=C(c3ccc4[nH]c(=O)oc4c3)C[C@H]12. The van der Waals surface area contributed by atoms with Gasteiger partial charge in [-0.05, 0) is 57.4 Å². The number of carbonyl (C=O) groups is 3. The predicted molar refractivity (Wildman–Crippen MR) is 111 cm³/mol. The third kappa shape index (κ3) is 3.60. The fourth-order valence-electron chi connectivity index (χ4n) is 4.07. The number of aliphatic hydroxyl groups is 1. The lowest BCUT2D eigenvalue weighted by Gasteiger charge is -2.44. The first-order valence-corrected chi connectivity index (χ1v) is 10.2. The summed E-state index contributed by atoms with van der Waals surface area (Å²) in [5.74, 6) is -2.98. The van der Waals surface area contributed by atoms with Crippen LogP contribution in [0.25, 0.3) is 16.7 Å². The van der Waals surface area contributed by atoms with E-state index in [9.17, 15) is 24.3 Å². The van der Waals surface area contributed by atoms with Crippen molar-refractivity contribution >= 4 is 34.5 Å². The standard InChI is InChI=1S/C22H24N2O8/c1-10(25)16-14-8-12(11-5-6-13-15(7-11)32-21(29)23-13)17(24(14)18(16)26)19(27)30-9-31-20(28)22(2,3)4/h5-7,10,14,16,25H,8-9H2,1-4H3,(H,23,29)/t10-,14-,16-/m1/s1. The molecule has 0 aliphatic carbocycles. The van der Waals surface area contributed by atoms with Crippen LogP contribution in [-0.4, -0.2) is 51.8 Å². The van der Waals surface area contributed by atoms with Crippen molar-refractivity contribution in [3.8, 4) is 0 Å². The van der Waals surface area contributed by atoms with Crippen molar-refractivity contribution in [1.82, 2.24) is 9.88 Å². The molecule has 3 heterocycles. The zero-order valence-electron chi connectivity index (χ0n) is 18.1. The van der Waals surface area contributed by atoms with Crippen LogP contribution in [0.5, 0.6) is 0 Å². The van der Waals surface area contributed by atoms with E-state index < -0.39 is 48.0 Å². The summed E-state index contributed by atoms with van der Waals surface area (Å²) in [7, 11) is 0. The highest BCUT2D eigenvalue weighted by atomic mass is 16.7. The molecule has 1 aromatic carbocycles. The maximum atomic E-state index is 12.9. The molecule has 10 heteroatoms. The molecule has 2 aromatic rings. The Morgan fingerprint density at radius 1 is 1.28 bits per heavy atom. The van der Waals surface area contributed by atoms with Gasteiger partial charge in [-0.1, -0.05) is 6.07 Å². The molecule has 3 atom stereocenters. The number of nitrogens with one attached hydrogen (secondary N) is 1. The maximum Gasteiger partial charge on any atom is 0.417 e. The molecule has 0 spiro atoms. The average molecular weight is 444 g/mol. The molecule has 0 radical (unpaired) electrons. The van der Waals surface area contributed by atoms with Crippen molar-refractivity contribution in [3.63, 3.8) is 0 Å². The van der Waals surface area contributed by atoms with Crippen LogP contribution in [0.2, 0.25) is 0 Å². The van der Waals surface area contributed by atoms with Crippen molar-refractivity contribution in [2.24, 2.45) is 11.3 Å². The summed E-state index contributed by atoms with van der Waals surface area (Å²) in [5.41, 5.74) is 1.16. The highest BCUT2D eigenvalue weighted by Crippen LogP contribution is 2.47. The Labute approximate surface area is 182 Å². The minimum atomic E-state index is -0.877. The van der Waals surface area contributed by atoms with Crippen LogP contribution >= 0.6 is 0 Å². The Bertz CT molecular complexity index is 1200. The third-order valence-electron chi connectivity index (χ3n) is 5.68. The molecule has 32 heavy (non-hydrogen) atoms. The highest BCUT2D eigenvalue weighted by molar-refractivity contribution is 6.07. The normalized spacial score (nSPS) is 21.4. The van der Waals surface area contributed by atoms with E-state index in [0.29, 0.717) is 28.7 Å². The van der Waals surface area contributed by atoms with Crippen molar-refractivity contribution in [1.29, 1.82) is 0 Å². The summed E-state index contributed by atoms with van der Waals surface area (Å²) in [6.07, 6.45) is -0.563. The lowest BCUT2D eigenvalue weighted by atomic mass is 9.82. The molecular weight excluding hydrogens is 420 g/mol. The number of carbonyl (C=O) groups excluding carboxylic acids is 3. The van der Waals surface area contributed by atoms with Gasteiger partial charge in [-0.25, -0.2) is 9.59 Å². The molecule has 4 rings (SSSR count). The van der Waals surface area contributed by atoms with Gasteiger partial charge in [0, 0.05) is 0 Å². The van der Waals surface area contributed by atoms with Crippen molar-refractivity contribution in [3.05, 3.63) is 40.0 Å². The lowest BCUT2D eigenvalue weighted by Crippen LogP contribution is -2.61. The van der Waals surface area contributed by atoms with E-state index >= 15 is 0 Å². The number of aromatic amines is 1. The van der Waals surface area contributed by atoms with E-state index in [1.807, 2.05) is 0 Å². The monoisotopic (exact) mass is 444 g/mol. The fourth-order valence-corrected chi connectivity index (χ4v) is 4.07. The Morgan fingerprint density at radius 3 is 2.66 bits per heavy atom. The number of fused-ring (bicyclic) bond motifs is 2. The quantitative estimate of drug-likeness (QED) is 0.402.